The Bertz CT molecular complexity index is 477. The van der Waals surface area contributed by atoms with E-state index < -0.39 is 113 Å². The molecule has 2 radical (unpaired) electrons. The molecule has 0 unspecified atom stereocenters. The number of hydrogen-bond acceptors (Lipinski definition) is 18. The van der Waals surface area contributed by atoms with Gasteiger partial charge in [0, 0.05) is 0 Å². The van der Waals surface area contributed by atoms with E-state index in [1.807, 2.05) is 0 Å². The average Bonchev–Trinajstić information content (AvgIpc) is 2.08. The molecule has 0 atom stereocenters. The van der Waals surface area contributed by atoms with Crippen molar-refractivity contribution < 1.29 is 200 Å². The summed E-state index contributed by atoms with van der Waals surface area (Å²) in [5.74, 6) is 0. The summed E-state index contributed by atoms with van der Waals surface area (Å²) < 4.78 is 155. The fraction of sp³-hybridized carbons (Fsp3) is 0. The van der Waals surface area contributed by atoms with Crippen LogP contribution in [0.1, 0.15) is 0 Å². The zero-order valence-corrected chi connectivity index (χ0v) is 36.7. The zero-order chi connectivity index (χ0) is 21.5. The Morgan fingerprint density at radius 2 is 0.308 bits per heavy atom. The molecular weight excluding hydrogens is 1670 g/mol. The molecule has 0 aliphatic carbocycles. The largest absolute Gasteiger partial charge is 4.00 e. The van der Waals surface area contributed by atoms with E-state index >= 15 is 0 Å². The van der Waals surface area contributed by atoms with E-state index in [2.05, 4.69) is 0 Å². The second-order valence-corrected chi connectivity index (χ2v) is 11.0. The predicted molar refractivity (Wildman–Crippen MR) is 14.0 cm³/mol. The Hall–Kier alpha value is 3.61. The van der Waals surface area contributed by atoms with Gasteiger partial charge >= 0.3 is 227 Å². The van der Waals surface area contributed by atoms with Gasteiger partial charge in [0.1, 0.15) is 0 Å². The molecule has 18 nitrogen and oxygen atoms in total. The maximum absolute atomic E-state index is 8.62. The normalized spacial score (nSPS) is 5.77. The van der Waals surface area contributed by atoms with Gasteiger partial charge in [-0.25, -0.2) is 0 Å². The minimum Gasteiger partial charge on any atom is 2.00 e. The van der Waals surface area contributed by atoms with Crippen LogP contribution in [0.4, 0.5) is 0 Å². The van der Waals surface area contributed by atoms with Gasteiger partial charge in [-0.3, -0.25) is 0 Å². The molecule has 146 valence electrons. The van der Waals surface area contributed by atoms with Gasteiger partial charge in [0.25, 0.3) is 0 Å². The molecule has 0 N–H and O–H groups in total. The first-order valence-corrected chi connectivity index (χ1v) is 26.9. The van der Waals surface area contributed by atoms with Crippen LogP contribution in [0.2, 0.25) is 0 Å². The van der Waals surface area contributed by atoms with Gasteiger partial charge in [-0.05, 0) is 0 Å². The smallest absolute Gasteiger partial charge is 2.00 e. The van der Waals surface area contributed by atoms with E-state index in [-0.39, 0.29) is 53.5 Å². The van der Waals surface area contributed by atoms with Gasteiger partial charge in [-0.1, -0.05) is 0 Å². The van der Waals surface area contributed by atoms with Crippen LogP contribution in [-0.2, 0) is 178 Å². The number of hydrogen-bond donors (Lipinski definition) is 0. The van der Waals surface area contributed by atoms with Crippen LogP contribution < -0.4 is 21.7 Å². The van der Waals surface area contributed by atoms with Gasteiger partial charge in [0.15, 0.2) is 0 Å². The molecule has 0 bridgehead atoms. The minimum absolute atomic E-state index is 0. The van der Waals surface area contributed by atoms with Crippen LogP contribution in [0.25, 0.3) is 0 Å². The van der Waals surface area contributed by atoms with E-state index in [1.54, 1.807) is 0 Å². The van der Waals surface area contributed by atoms with Crippen LogP contribution in [-0.4, -0.2) is 27.3 Å². The van der Waals surface area contributed by atoms with Crippen LogP contribution in [0.5, 0.6) is 0 Å². The van der Waals surface area contributed by atoms with E-state index in [0.29, 0.717) is 0 Å². The Kier molecular flexibility index (Phi) is 93.2. The van der Waals surface area contributed by atoms with Crippen molar-refractivity contribution in [2.75, 3.05) is 0 Å². The van der Waals surface area contributed by atoms with Gasteiger partial charge in [-0.15, -0.1) is 0 Å². The topological polar surface area (TPSA) is 343 Å². The van der Waals surface area contributed by atoms with E-state index in [9.17, 15) is 0 Å². The molecule has 0 aliphatic heterocycles. The Morgan fingerprint density at radius 3 is 0.308 bits per heavy atom. The molecule has 0 aromatic rings. The Morgan fingerprint density at radius 1 is 0.308 bits per heavy atom. The molecule has 26 heavy (non-hydrogen) atoms. The summed E-state index contributed by atoms with van der Waals surface area (Å²) in [5.41, 5.74) is 0. The second kappa shape index (κ2) is 46.7. The third-order valence-electron chi connectivity index (χ3n) is 0. The van der Waals surface area contributed by atoms with Crippen LogP contribution >= 0.6 is 0 Å². The second-order valence-electron chi connectivity index (χ2n) is 1.34. The van der Waals surface area contributed by atoms with Crippen LogP contribution in [0.15, 0.2) is 0 Å². The maximum Gasteiger partial charge on any atom is 4.00 e. The molecule has 0 aliphatic rings. The summed E-state index contributed by atoms with van der Waals surface area (Å²) >= 11 is -26.1. The van der Waals surface area contributed by atoms with Crippen molar-refractivity contribution in [3.8, 4) is 0 Å². The molecule has 0 rings (SSSR count). The van der Waals surface area contributed by atoms with Crippen molar-refractivity contribution in [2.45, 2.75) is 0 Å². The fourth-order valence-electron chi connectivity index (χ4n) is 0. The van der Waals surface area contributed by atoms with Gasteiger partial charge in [-0.2, -0.15) is 0 Å². The quantitative estimate of drug-likeness (QED) is 0.203. The molecule has 26 heteroatoms. The molecule has 0 saturated heterocycles. The average molecular weight is 1670 g/mol. The van der Waals surface area contributed by atoms with Crippen molar-refractivity contribution in [3.05, 3.63) is 0 Å². The van der Waals surface area contributed by atoms with Crippen molar-refractivity contribution in [3.63, 3.8) is 0 Å². The third kappa shape index (κ3) is 1500. The molecule has 0 aromatic carbocycles. The summed E-state index contributed by atoms with van der Waals surface area (Å²) in [6.45, 7) is 0. The summed E-state index contributed by atoms with van der Waals surface area (Å²) in [6.07, 6.45) is 0. The van der Waals surface area contributed by atoms with Gasteiger partial charge in [0.2, 0.25) is 0 Å². The first-order valence-electron chi connectivity index (χ1n) is 3.29. The van der Waals surface area contributed by atoms with Gasteiger partial charge in [0.05, 0.1) is 0 Å². The molecular formula is O18PbTa6Zr. The number of rotatable bonds is 0. The molecule has 0 spiro atoms. The predicted octanol–water partition coefficient (Wildman–Crippen LogP) is -8.96. The summed E-state index contributed by atoms with van der Waals surface area (Å²) in [4.78, 5) is 0. The van der Waals surface area contributed by atoms with E-state index in [0.717, 1.165) is 0 Å². The van der Waals surface area contributed by atoms with E-state index in [1.165, 1.54) is 0 Å². The SMILES string of the molecule is [O]=[Ta](=[O])[O-].[O]=[Ta](=[O])[O-].[O]=[Ta](=[O])[O-].[O]=[Ta](=[O])[O-].[O]=[Ta](=[O])[O-].[O]=[Ta](=[O])[O-].[Pb+2].[Zr+4]. The minimum atomic E-state index is -4.34. The van der Waals surface area contributed by atoms with Crippen LogP contribution in [0, 0.1) is 0 Å². The van der Waals surface area contributed by atoms with Crippen molar-refractivity contribution in [1.82, 2.24) is 0 Å². The van der Waals surface area contributed by atoms with Crippen molar-refractivity contribution >= 4 is 27.3 Å². The van der Waals surface area contributed by atoms with Crippen LogP contribution in [0.3, 0.4) is 0 Å². The summed E-state index contributed by atoms with van der Waals surface area (Å²) in [5, 5.41) is 0. The standard InChI is InChI=1S/18O.Pb.6Ta.Zr/q;;;;;;;;;;;;6*-1;+2;;;;;;;+4. The maximum atomic E-state index is 8.62. The zero-order valence-electron chi connectivity index (χ0n) is 11.0. The molecule has 0 heterocycles. The van der Waals surface area contributed by atoms with Crippen molar-refractivity contribution in [1.29, 1.82) is 0 Å². The van der Waals surface area contributed by atoms with E-state index in [4.69, 9.17) is 60.7 Å². The first kappa shape index (κ1) is 51.9. The molecule has 0 amide bonds. The van der Waals surface area contributed by atoms with Crippen molar-refractivity contribution in [2.24, 2.45) is 0 Å². The fourth-order valence-corrected chi connectivity index (χ4v) is 0. The monoisotopic (exact) mass is 1670 g/mol. The van der Waals surface area contributed by atoms with Gasteiger partial charge < -0.3 is 0 Å². The first-order chi connectivity index (χ1) is 10.4. The summed E-state index contributed by atoms with van der Waals surface area (Å²) in [6, 6.07) is 0. The molecule has 0 aromatic heterocycles. The third-order valence-corrected chi connectivity index (χ3v) is 0. The summed E-state index contributed by atoms with van der Waals surface area (Å²) in [7, 11) is 0. The molecule has 0 fully saturated rings. The molecule has 0 saturated carbocycles. The Balaban J connectivity index is -0.0000000245. The Labute approximate surface area is 222 Å².